The van der Waals surface area contributed by atoms with Gasteiger partial charge in [0.1, 0.15) is 11.6 Å². The smallest absolute Gasteiger partial charge is 0.254 e. The van der Waals surface area contributed by atoms with Gasteiger partial charge in [0.05, 0.1) is 18.7 Å². The number of methoxy groups -OCH3 is 1. The summed E-state index contributed by atoms with van der Waals surface area (Å²) in [5.41, 5.74) is 0.975. The second-order valence-electron chi connectivity index (χ2n) is 4.45. The molecule has 1 amide bonds. The van der Waals surface area contributed by atoms with Gasteiger partial charge in [-0.15, -0.1) is 0 Å². The molecule has 1 N–H and O–H groups in total. The molecule has 0 aliphatic carbocycles. The van der Waals surface area contributed by atoms with Crippen LogP contribution in [0.5, 0.6) is 5.75 Å². The molecule has 4 heteroatoms. The number of carbonyl (C=O) groups is 1. The summed E-state index contributed by atoms with van der Waals surface area (Å²) in [6, 6.07) is 13.5. The zero-order valence-electron chi connectivity index (χ0n) is 11.4. The summed E-state index contributed by atoms with van der Waals surface area (Å²) in [7, 11) is 1.45. The van der Waals surface area contributed by atoms with E-state index >= 15 is 0 Å². The lowest BCUT2D eigenvalue weighted by Crippen LogP contribution is -2.27. The Kier molecular flexibility index (Phi) is 4.35. The van der Waals surface area contributed by atoms with Crippen LogP contribution in [-0.4, -0.2) is 13.0 Å². The third-order valence-electron chi connectivity index (χ3n) is 3.07. The second-order valence-corrected chi connectivity index (χ2v) is 4.45. The molecule has 3 nitrogen and oxygen atoms in total. The minimum absolute atomic E-state index is 0.00795. The number of benzene rings is 2. The Balaban J connectivity index is 2.12. The number of hydrogen-bond acceptors (Lipinski definition) is 2. The van der Waals surface area contributed by atoms with Gasteiger partial charge in [0.2, 0.25) is 0 Å². The second kappa shape index (κ2) is 6.19. The van der Waals surface area contributed by atoms with Gasteiger partial charge in [0.25, 0.3) is 5.91 Å². The first kappa shape index (κ1) is 14.1. The molecule has 0 bridgehead atoms. The van der Waals surface area contributed by atoms with E-state index in [4.69, 9.17) is 4.74 Å². The average molecular weight is 273 g/mol. The topological polar surface area (TPSA) is 38.3 Å². The molecular weight excluding hydrogens is 257 g/mol. The van der Waals surface area contributed by atoms with E-state index in [1.165, 1.54) is 19.2 Å². The van der Waals surface area contributed by atoms with E-state index in [1.807, 2.05) is 37.3 Å². The van der Waals surface area contributed by atoms with Gasteiger partial charge >= 0.3 is 0 Å². The van der Waals surface area contributed by atoms with Crippen molar-refractivity contribution in [3.8, 4) is 5.75 Å². The molecular formula is C16H16FNO2. The first-order valence-electron chi connectivity index (χ1n) is 6.31. The summed E-state index contributed by atoms with van der Waals surface area (Å²) in [5, 5.41) is 2.77. The van der Waals surface area contributed by atoms with Gasteiger partial charge in [-0.25, -0.2) is 4.39 Å². The monoisotopic (exact) mass is 273 g/mol. The fourth-order valence-corrected chi connectivity index (χ4v) is 1.91. The summed E-state index contributed by atoms with van der Waals surface area (Å²) in [6.45, 7) is 1.86. The van der Waals surface area contributed by atoms with Crippen LogP contribution in [0.1, 0.15) is 28.9 Å². The summed E-state index contributed by atoms with van der Waals surface area (Å²) >= 11 is 0. The number of ether oxygens (including phenoxy) is 1. The molecule has 1 unspecified atom stereocenters. The van der Waals surface area contributed by atoms with Crippen LogP contribution < -0.4 is 10.1 Å². The maximum Gasteiger partial charge on any atom is 0.254 e. The number of rotatable bonds is 4. The zero-order valence-corrected chi connectivity index (χ0v) is 11.4. The Labute approximate surface area is 117 Å². The summed E-state index contributed by atoms with van der Waals surface area (Å²) in [6.07, 6.45) is 0. The van der Waals surface area contributed by atoms with Crippen LogP contribution in [0.15, 0.2) is 48.5 Å². The molecule has 0 aliphatic heterocycles. The molecule has 2 aromatic carbocycles. The molecule has 104 valence electrons. The Morgan fingerprint density at radius 1 is 1.20 bits per heavy atom. The largest absolute Gasteiger partial charge is 0.497 e. The predicted octanol–water partition coefficient (Wildman–Crippen LogP) is 3.33. The highest BCUT2D eigenvalue weighted by Gasteiger charge is 2.15. The highest BCUT2D eigenvalue weighted by atomic mass is 19.1. The van der Waals surface area contributed by atoms with E-state index < -0.39 is 11.7 Å². The lowest BCUT2D eigenvalue weighted by Gasteiger charge is -2.14. The normalized spacial score (nSPS) is 11.8. The van der Waals surface area contributed by atoms with Crippen molar-refractivity contribution >= 4 is 5.91 Å². The molecule has 0 saturated heterocycles. The molecule has 0 aromatic heterocycles. The highest BCUT2D eigenvalue weighted by Crippen LogP contribution is 2.18. The van der Waals surface area contributed by atoms with Gasteiger partial charge < -0.3 is 10.1 Å². The SMILES string of the molecule is COc1ccc(C(=O)NC(C)c2ccccc2)c(F)c1. The maximum absolute atomic E-state index is 13.8. The summed E-state index contributed by atoms with van der Waals surface area (Å²) < 4.78 is 18.7. The minimum Gasteiger partial charge on any atom is -0.497 e. The molecule has 0 fully saturated rings. The first-order valence-corrected chi connectivity index (χ1v) is 6.31. The number of carbonyl (C=O) groups excluding carboxylic acids is 1. The van der Waals surface area contributed by atoms with Crippen molar-refractivity contribution in [2.24, 2.45) is 0 Å². The van der Waals surface area contributed by atoms with Gasteiger partial charge in [-0.3, -0.25) is 4.79 Å². The van der Waals surface area contributed by atoms with Gasteiger partial charge in [-0.05, 0) is 24.6 Å². The molecule has 2 rings (SSSR count). The van der Waals surface area contributed by atoms with Crippen molar-refractivity contribution in [1.29, 1.82) is 0 Å². The van der Waals surface area contributed by atoms with Crippen LogP contribution in [0.25, 0.3) is 0 Å². The van der Waals surface area contributed by atoms with E-state index in [0.717, 1.165) is 5.56 Å². The Hall–Kier alpha value is -2.36. The van der Waals surface area contributed by atoms with Crippen LogP contribution in [-0.2, 0) is 0 Å². The Morgan fingerprint density at radius 3 is 2.50 bits per heavy atom. The predicted molar refractivity (Wildman–Crippen MR) is 75.3 cm³/mol. The van der Waals surface area contributed by atoms with Gasteiger partial charge in [-0.2, -0.15) is 0 Å². The van der Waals surface area contributed by atoms with E-state index in [-0.39, 0.29) is 11.6 Å². The van der Waals surface area contributed by atoms with E-state index in [1.54, 1.807) is 6.07 Å². The fourth-order valence-electron chi connectivity index (χ4n) is 1.91. The Bertz CT molecular complexity index is 599. The van der Waals surface area contributed by atoms with Crippen LogP contribution in [0, 0.1) is 5.82 Å². The van der Waals surface area contributed by atoms with Crippen molar-refractivity contribution in [3.05, 3.63) is 65.5 Å². The van der Waals surface area contributed by atoms with Gasteiger partial charge in [0, 0.05) is 6.07 Å². The molecule has 20 heavy (non-hydrogen) atoms. The van der Waals surface area contributed by atoms with Crippen LogP contribution in [0.3, 0.4) is 0 Å². The third-order valence-corrected chi connectivity index (χ3v) is 3.07. The molecule has 0 spiro atoms. The van der Waals surface area contributed by atoms with Crippen LogP contribution in [0.2, 0.25) is 0 Å². The quantitative estimate of drug-likeness (QED) is 0.928. The molecule has 0 aliphatic rings. The zero-order chi connectivity index (χ0) is 14.5. The molecule has 0 saturated carbocycles. The van der Waals surface area contributed by atoms with Crippen molar-refractivity contribution in [1.82, 2.24) is 5.32 Å². The molecule has 2 aromatic rings. The molecule has 0 heterocycles. The lowest BCUT2D eigenvalue weighted by molar-refractivity contribution is 0.0936. The van der Waals surface area contributed by atoms with Crippen molar-refractivity contribution in [2.45, 2.75) is 13.0 Å². The number of amides is 1. The highest BCUT2D eigenvalue weighted by molar-refractivity contribution is 5.94. The van der Waals surface area contributed by atoms with E-state index in [2.05, 4.69) is 5.32 Å². The third kappa shape index (κ3) is 3.15. The minimum atomic E-state index is -0.595. The standard InChI is InChI=1S/C16H16FNO2/c1-11(12-6-4-3-5-7-12)18-16(19)14-9-8-13(20-2)10-15(14)17/h3-11H,1-2H3,(H,18,19). The first-order chi connectivity index (χ1) is 9.61. The maximum atomic E-state index is 13.8. The Morgan fingerprint density at radius 2 is 1.90 bits per heavy atom. The van der Waals surface area contributed by atoms with Crippen LogP contribution in [0.4, 0.5) is 4.39 Å². The van der Waals surface area contributed by atoms with Gasteiger partial charge in [-0.1, -0.05) is 30.3 Å². The summed E-state index contributed by atoms with van der Waals surface area (Å²) in [5.74, 6) is -0.654. The number of halogens is 1. The number of nitrogens with one attached hydrogen (secondary N) is 1. The van der Waals surface area contributed by atoms with E-state index in [0.29, 0.717) is 5.75 Å². The van der Waals surface area contributed by atoms with Crippen molar-refractivity contribution < 1.29 is 13.9 Å². The molecule has 0 radical (unpaired) electrons. The number of hydrogen-bond donors (Lipinski definition) is 1. The lowest BCUT2D eigenvalue weighted by atomic mass is 10.1. The summed E-state index contributed by atoms with van der Waals surface area (Å²) in [4.78, 5) is 12.1. The van der Waals surface area contributed by atoms with Crippen molar-refractivity contribution in [3.63, 3.8) is 0 Å². The van der Waals surface area contributed by atoms with Crippen molar-refractivity contribution in [2.75, 3.05) is 7.11 Å². The molecule has 1 atom stereocenters. The van der Waals surface area contributed by atoms with Crippen LogP contribution >= 0.6 is 0 Å². The fraction of sp³-hybridized carbons (Fsp3) is 0.188. The van der Waals surface area contributed by atoms with E-state index in [9.17, 15) is 9.18 Å². The van der Waals surface area contributed by atoms with Gasteiger partial charge in [0.15, 0.2) is 0 Å². The average Bonchev–Trinajstić information content (AvgIpc) is 2.47.